The minimum atomic E-state index is -0.369. The molecule has 8 heteroatoms. The molecule has 0 saturated carbocycles. The predicted molar refractivity (Wildman–Crippen MR) is 124 cm³/mol. The smallest absolute Gasteiger partial charge is 0.291 e. The molecule has 2 amide bonds. The molecule has 0 aliphatic rings. The Morgan fingerprint density at radius 1 is 1.03 bits per heavy atom. The fourth-order valence-electron chi connectivity index (χ4n) is 3.07. The summed E-state index contributed by atoms with van der Waals surface area (Å²) in [6.45, 7) is -0.177. The predicted octanol–water partition coefficient (Wildman–Crippen LogP) is 5.53. The molecule has 0 aliphatic heterocycles. The monoisotopic (exact) mass is 466 g/mol. The fourth-order valence-corrected chi connectivity index (χ4v) is 3.88. The second-order valence-electron chi connectivity index (χ2n) is 6.86. The molecule has 2 N–H and O–H groups in total. The van der Waals surface area contributed by atoms with Crippen molar-refractivity contribution in [1.29, 1.82) is 0 Å². The van der Waals surface area contributed by atoms with Crippen molar-refractivity contribution in [2.24, 2.45) is 0 Å². The van der Waals surface area contributed by atoms with Gasteiger partial charge in [0.15, 0.2) is 12.4 Å². The first kappa shape index (κ1) is 21.7. The lowest BCUT2D eigenvalue weighted by atomic mass is 10.0. The molecule has 0 fully saturated rings. The number of thiophene rings is 1. The number of furan rings is 1. The highest BCUT2D eigenvalue weighted by Gasteiger charge is 2.18. The van der Waals surface area contributed by atoms with Crippen molar-refractivity contribution >= 4 is 40.4 Å². The van der Waals surface area contributed by atoms with E-state index in [0.29, 0.717) is 16.5 Å². The van der Waals surface area contributed by atoms with E-state index in [9.17, 15) is 9.59 Å². The van der Waals surface area contributed by atoms with Gasteiger partial charge in [0, 0.05) is 16.8 Å². The third-order valence-electron chi connectivity index (χ3n) is 4.59. The molecule has 2 aromatic carbocycles. The Morgan fingerprint density at radius 2 is 1.88 bits per heavy atom. The third-order valence-corrected chi connectivity index (χ3v) is 5.55. The maximum atomic E-state index is 12.6. The van der Waals surface area contributed by atoms with Crippen molar-refractivity contribution in [3.8, 4) is 5.75 Å². The standard InChI is InChI=1S/C24H19ClN2O4S/c25-18-8-6-16(7-9-18)23(17-10-12-32-15-17)27-22(28)14-31-20-4-1-3-19(13-20)26-24(29)21-5-2-11-30-21/h1-13,15,23H,14H2,(H,26,29)(H,27,28). The van der Waals surface area contributed by atoms with Crippen LogP contribution in [-0.2, 0) is 4.79 Å². The van der Waals surface area contributed by atoms with Crippen LogP contribution in [0.15, 0.2) is 88.2 Å². The zero-order valence-electron chi connectivity index (χ0n) is 16.8. The largest absolute Gasteiger partial charge is 0.484 e. The first-order valence-corrected chi connectivity index (χ1v) is 11.1. The van der Waals surface area contributed by atoms with Crippen LogP contribution in [0.3, 0.4) is 0 Å². The first-order chi connectivity index (χ1) is 15.6. The van der Waals surface area contributed by atoms with Gasteiger partial charge in [-0.2, -0.15) is 11.3 Å². The van der Waals surface area contributed by atoms with Crippen LogP contribution >= 0.6 is 22.9 Å². The molecular weight excluding hydrogens is 448 g/mol. The molecule has 0 saturated heterocycles. The summed E-state index contributed by atoms with van der Waals surface area (Å²) in [5, 5.41) is 10.3. The average Bonchev–Trinajstić information content (AvgIpc) is 3.52. The van der Waals surface area contributed by atoms with Crippen LogP contribution in [0.25, 0.3) is 0 Å². The van der Waals surface area contributed by atoms with E-state index in [4.69, 9.17) is 20.8 Å². The van der Waals surface area contributed by atoms with Crippen molar-refractivity contribution in [3.05, 3.63) is 106 Å². The second kappa shape index (κ2) is 10.2. The van der Waals surface area contributed by atoms with Crippen molar-refractivity contribution in [3.63, 3.8) is 0 Å². The maximum Gasteiger partial charge on any atom is 0.291 e. The lowest BCUT2D eigenvalue weighted by Crippen LogP contribution is -2.33. The Morgan fingerprint density at radius 3 is 2.59 bits per heavy atom. The van der Waals surface area contributed by atoms with Gasteiger partial charge in [0.05, 0.1) is 12.3 Å². The molecule has 0 spiro atoms. The van der Waals surface area contributed by atoms with Gasteiger partial charge in [-0.1, -0.05) is 29.8 Å². The van der Waals surface area contributed by atoms with E-state index in [2.05, 4.69) is 10.6 Å². The number of ether oxygens (including phenoxy) is 1. The lowest BCUT2D eigenvalue weighted by Gasteiger charge is -2.19. The zero-order valence-corrected chi connectivity index (χ0v) is 18.4. The Balaban J connectivity index is 1.38. The zero-order chi connectivity index (χ0) is 22.3. The molecule has 162 valence electrons. The van der Waals surface area contributed by atoms with Gasteiger partial charge in [-0.05, 0) is 64.4 Å². The van der Waals surface area contributed by atoms with Crippen molar-refractivity contribution in [1.82, 2.24) is 5.32 Å². The number of rotatable bonds is 8. The number of anilines is 1. The fraction of sp³-hybridized carbons (Fsp3) is 0.0833. The molecule has 32 heavy (non-hydrogen) atoms. The number of carbonyl (C=O) groups excluding carboxylic acids is 2. The van der Waals surface area contributed by atoms with Gasteiger partial charge in [-0.3, -0.25) is 9.59 Å². The summed E-state index contributed by atoms with van der Waals surface area (Å²) in [4.78, 5) is 24.8. The molecule has 0 radical (unpaired) electrons. The highest BCUT2D eigenvalue weighted by molar-refractivity contribution is 7.08. The van der Waals surface area contributed by atoms with Crippen LogP contribution in [0.2, 0.25) is 5.02 Å². The summed E-state index contributed by atoms with van der Waals surface area (Å²) in [6, 6.07) is 19.0. The molecule has 6 nitrogen and oxygen atoms in total. The van der Waals surface area contributed by atoms with Crippen LogP contribution in [0.5, 0.6) is 5.75 Å². The van der Waals surface area contributed by atoms with Gasteiger partial charge < -0.3 is 19.8 Å². The van der Waals surface area contributed by atoms with Crippen LogP contribution in [0.4, 0.5) is 5.69 Å². The van der Waals surface area contributed by atoms with Crippen molar-refractivity contribution in [2.45, 2.75) is 6.04 Å². The van der Waals surface area contributed by atoms with E-state index in [-0.39, 0.29) is 30.2 Å². The topological polar surface area (TPSA) is 80.6 Å². The number of halogens is 1. The minimum absolute atomic E-state index is 0.177. The summed E-state index contributed by atoms with van der Waals surface area (Å²) < 4.78 is 10.7. The number of carbonyl (C=O) groups is 2. The first-order valence-electron chi connectivity index (χ1n) is 9.73. The second-order valence-corrected chi connectivity index (χ2v) is 8.07. The van der Waals surface area contributed by atoms with Crippen LogP contribution in [-0.4, -0.2) is 18.4 Å². The molecule has 1 atom stereocenters. The number of amides is 2. The highest BCUT2D eigenvalue weighted by Crippen LogP contribution is 2.25. The summed E-state index contributed by atoms with van der Waals surface area (Å²) >= 11 is 7.56. The normalized spacial score (nSPS) is 11.5. The molecular formula is C24H19ClN2O4S. The molecule has 2 heterocycles. The van der Waals surface area contributed by atoms with Gasteiger partial charge in [-0.25, -0.2) is 0 Å². The van der Waals surface area contributed by atoms with Gasteiger partial charge in [-0.15, -0.1) is 0 Å². The van der Waals surface area contributed by atoms with Crippen molar-refractivity contribution < 1.29 is 18.7 Å². The van der Waals surface area contributed by atoms with Gasteiger partial charge >= 0.3 is 0 Å². The third kappa shape index (κ3) is 5.57. The summed E-state index contributed by atoms with van der Waals surface area (Å²) in [7, 11) is 0. The summed E-state index contributed by atoms with van der Waals surface area (Å²) in [5.41, 5.74) is 2.43. The van der Waals surface area contributed by atoms with E-state index in [1.807, 2.05) is 29.0 Å². The number of hydrogen-bond acceptors (Lipinski definition) is 5. The molecule has 0 bridgehead atoms. The Kier molecular flexibility index (Phi) is 6.89. The highest BCUT2D eigenvalue weighted by atomic mass is 35.5. The SMILES string of the molecule is O=C(COc1cccc(NC(=O)c2ccco2)c1)NC(c1ccc(Cl)cc1)c1ccsc1. The Labute approximate surface area is 193 Å². The molecule has 1 unspecified atom stereocenters. The lowest BCUT2D eigenvalue weighted by molar-refractivity contribution is -0.123. The van der Waals surface area contributed by atoms with Gasteiger partial charge in [0.1, 0.15) is 5.75 Å². The number of hydrogen-bond donors (Lipinski definition) is 2. The van der Waals surface area contributed by atoms with E-state index < -0.39 is 0 Å². The summed E-state index contributed by atoms with van der Waals surface area (Å²) in [6.07, 6.45) is 1.43. The van der Waals surface area contributed by atoms with Gasteiger partial charge in [0.25, 0.3) is 11.8 Å². The molecule has 0 aliphatic carbocycles. The quantitative estimate of drug-likeness (QED) is 0.357. The van der Waals surface area contributed by atoms with Crippen molar-refractivity contribution in [2.75, 3.05) is 11.9 Å². The van der Waals surface area contributed by atoms with Crippen LogP contribution in [0.1, 0.15) is 27.7 Å². The van der Waals surface area contributed by atoms with Crippen LogP contribution in [0, 0.1) is 0 Å². The maximum absolute atomic E-state index is 12.6. The number of benzene rings is 2. The summed E-state index contributed by atoms with van der Waals surface area (Å²) in [5.74, 6) is 0.0148. The molecule has 4 aromatic rings. The minimum Gasteiger partial charge on any atom is -0.484 e. The number of nitrogens with one attached hydrogen (secondary N) is 2. The molecule has 2 aromatic heterocycles. The van der Waals surface area contributed by atoms with E-state index in [0.717, 1.165) is 11.1 Å². The van der Waals surface area contributed by atoms with E-state index >= 15 is 0 Å². The van der Waals surface area contributed by atoms with E-state index in [1.165, 1.54) is 6.26 Å². The Hall–Kier alpha value is -3.55. The van der Waals surface area contributed by atoms with E-state index in [1.54, 1.807) is 59.9 Å². The Bertz CT molecular complexity index is 1180. The van der Waals surface area contributed by atoms with Crippen LogP contribution < -0.4 is 15.4 Å². The molecule has 4 rings (SSSR count). The van der Waals surface area contributed by atoms with Gasteiger partial charge in [0.2, 0.25) is 0 Å². The average molecular weight is 467 g/mol.